The van der Waals surface area contributed by atoms with Gasteiger partial charge in [-0.25, -0.2) is 10.3 Å². The summed E-state index contributed by atoms with van der Waals surface area (Å²) in [6.45, 7) is -0.492. The van der Waals surface area contributed by atoms with Crippen molar-refractivity contribution in [2.45, 2.75) is 51.4 Å². The van der Waals surface area contributed by atoms with Gasteiger partial charge in [0.1, 0.15) is 0 Å². The number of rotatable bonds is 7. The minimum absolute atomic E-state index is 0.234. The molecule has 2 N–H and O–H groups in total. The molecule has 0 saturated heterocycles. The third-order valence-electron chi connectivity index (χ3n) is 3.12. The van der Waals surface area contributed by atoms with Crippen LogP contribution in [0, 0.1) is 5.92 Å². The van der Waals surface area contributed by atoms with Crippen molar-refractivity contribution in [3.63, 3.8) is 0 Å². The summed E-state index contributed by atoms with van der Waals surface area (Å²) in [5.41, 5.74) is 2.13. The first-order valence-electron chi connectivity index (χ1n) is 6.31. The Kier molecular flexibility index (Phi) is 6.62. The SMILES string of the molecule is O=C(O)CONC(=O)CCCC1CCCCC1. The van der Waals surface area contributed by atoms with Crippen LogP contribution in [-0.4, -0.2) is 23.6 Å². The van der Waals surface area contributed by atoms with E-state index in [1.165, 1.54) is 32.1 Å². The van der Waals surface area contributed by atoms with Crippen molar-refractivity contribution in [2.24, 2.45) is 5.92 Å². The Hall–Kier alpha value is -1.10. The van der Waals surface area contributed by atoms with Gasteiger partial charge in [-0.1, -0.05) is 32.1 Å². The molecule has 5 nitrogen and oxygen atoms in total. The Labute approximate surface area is 101 Å². The van der Waals surface area contributed by atoms with Crippen LogP contribution in [0.5, 0.6) is 0 Å². The smallest absolute Gasteiger partial charge is 0.332 e. The lowest BCUT2D eigenvalue weighted by Crippen LogP contribution is -2.26. The van der Waals surface area contributed by atoms with Crippen molar-refractivity contribution in [3.05, 3.63) is 0 Å². The molecule has 0 unspecified atom stereocenters. The molecule has 0 aromatic heterocycles. The maximum Gasteiger partial charge on any atom is 0.332 e. The molecule has 0 bridgehead atoms. The Balaban J connectivity index is 1.97. The molecule has 0 spiro atoms. The van der Waals surface area contributed by atoms with Crippen molar-refractivity contribution in [2.75, 3.05) is 6.61 Å². The van der Waals surface area contributed by atoms with Crippen LogP contribution in [0.3, 0.4) is 0 Å². The molecule has 0 radical (unpaired) electrons. The zero-order chi connectivity index (χ0) is 12.5. The van der Waals surface area contributed by atoms with Gasteiger partial charge in [-0.2, -0.15) is 0 Å². The molecule has 1 aliphatic carbocycles. The van der Waals surface area contributed by atoms with Crippen LogP contribution in [0.4, 0.5) is 0 Å². The van der Waals surface area contributed by atoms with Crippen LogP contribution < -0.4 is 5.48 Å². The molecular formula is C12H21NO4. The maximum atomic E-state index is 11.2. The lowest BCUT2D eigenvalue weighted by Gasteiger charge is -2.20. The van der Waals surface area contributed by atoms with E-state index in [0.717, 1.165) is 18.8 Å². The number of amides is 1. The Morgan fingerprint density at radius 2 is 1.94 bits per heavy atom. The Morgan fingerprint density at radius 3 is 2.59 bits per heavy atom. The van der Waals surface area contributed by atoms with Gasteiger partial charge in [0.15, 0.2) is 6.61 Å². The second-order valence-electron chi connectivity index (χ2n) is 4.60. The third kappa shape index (κ3) is 6.94. The average Bonchev–Trinajstić information content (AvgIpc) is 2.30. The number of carbonyl (C=O) groups is 2. The Morgan fingerprint density at radius 1 is 1.24 bits per heavy atom. The highest BCUT2D eigenvalue weighted by Gasteiger charge is 2.13. The molecule has 1 saturated carbocycles. The zero-order valence-electron chi connectivity index (χ0n) is 10.1. The van der Waals surface area contributed by atoms with E-state index in [1.807, 2.05) is 0 Å². The fraction of sp³-hybridized carbons (Fsp3) is 0.833. The zero-order valence-corrected chi connectivity index (χ0v) is 10.1. The topological polar surface area (TPSA) is 75.6 Å². The number of hydroxylamine groups is 1. The number of hydrogen-bond acceptors (Lipinski definition) is 3. The monoisotopic (exact) mass is 243 g/mol. The third-order valence-corrected chi connectivity index (χ3v) is 3.12. The highest BCUT2D eigenvalue weighted by atomic mass is 16.7. The van der Waals surface area contributed by atoms with E-state index in [2.05, 4.69) is 10.3 Å². The molecule has 17 heavy (non-hydrogen) atoms. The lowest BCUT2D eigenvalue weighted by molar-refractivity contribution is -0.149. The first-order chi connectivity index (χ1) is 8.18. The van der Waals surface area contributed by atoms with Gasteiger partial charge in [0, 0.05) is 6.42 Å². The van der Waals surface area contributed by atoms with E-state index >= 15 is 0 Å². The van der Waals surface area contributed by atoms with Crippen molar-refractivity contribution in [1.29, 1.82) is 0 Å². The molecule has 1 fully saturated rings. The summed E-state index contributed by atoms with van der Waals surface area (Å²) in [4.78, 5) is 25.9. The van der Waals surface area contributed by atoms with Crippen molar-refractivity contribution in [3.8, 4) is 0 Å². The summed E-state index contributed by atoms with van der Waals surface area (Å²) < 4.78 is 0. The van der Waals surface area contributed by atoms with Crippen LogP contribution in [0.25, 0.3) is 0 Å². The standard InChI is InChI=1S/C12H21NO4/c14-11(13-17-9-12(15)16)8-4-7-10-5-2-1-3-6-10/h10H,1-9H2,(H,13,14)(H,15,16). The van der Waals surface area contributed by atoms with E-state index in [1.54, 1.807) is 0 Å². The number of carbonyl (C=O) groups excluding carboxylic acids is 1. The van der Waals surface area contributed by atoms with Crippen LogP contribution in [0.2, 0.25) is 0 Å². The summed E-state index contributed by atoms with van der Waals surface area (Å²) in [5.74, 6) is -0.550. The predicted octanol–water partition coefficient (Wildman–Crippen LogP) is 1.87. The van der Waals surface area contributed by atoms with Gasteiger partial charge in [0.05, 0.1) is 0 Å². The summed E-state index contributed by atoms with van der Waals surface area (Å²) in [7, 11) is 0. The molecule has 1 rings (SSSR count). The molecule has 5 heteroatoms. The van der Waals surface area contributed by atoms with Gasteiger partial charge in [-0.05, 0) is 18.8 Å². The van der Waals surface area contributed by atoms with E-state index in [9.17, 15) is 9.59 Å². The molecule has 0 atom stereocenters. The minimum Gasteiger partial charge on any atom is -0.479 e. The fourth-order valence-electron chi connectivity index (χ4n) is 2.26. The molecule has 1 amide bonds. The normalized spacial score (nSPS) is 16.7. The van der Waals surface area contributed by atoms with Gasteiger partial charge in [-0.15, -0.1) is 0 Å². The number of aliphatic carboxylic acids is 1. The van der Waals surface area contributed by atoms with Gasteiger partial charge in [0.2, 0.25) is 5.91 Å². The number of carboxylic acid groups (broad SMARTS) is 1. The molecular weight excluding hydrogens is 222 g/mol. The highest BCUT2D eigenvalue weighted by Crippen LogP contribution is 2.27. The predicted molar refractivity (Wildman–Crippen MR) is 62.2 cm³/mol. The second-order valence-corrected chi connectivity index (χ2v) is 4.60. The first kappa shape index (κ1) is 14.0. The van der Waals surface area contributed by atoms with Gasteiger partial charge in [-0.3, -0.25) is 9.63 Å². The Bertz CT molecular complexity index is 249. The van der Waals surface area contributed by atoms with Crippen molar-refractivity contribution in [1.82, 2.24) is 5.48 Å². The molecule has 0 aromatic rings. The summed E-state index contributed by atoms with van der Waals surface area (Å²) >= 11 is 0. The molecule has 0 aromatic carbocycles. The van der Waals surface area contributed by atoms with E-state index < -0.39 is 12.6 Å². The molecule has 98 valence electrons. The average molecular weight is 243 g/mol. The van der Waals surface area contributed by atoms with Crippen LogP contribution in [-0.2, 0) is 14.4 Å². The number of nitrogens with one attached hydrogen (secondary N) is 1. The maximum absolute atomic E-state index is 11.2. The molecule has 0 aliphatic heterocycles. The highest BCUT2D eigenvalue weighted by molar-refractivity contribution is 5.75. The molecule has 1 aliphatic rings. The minimum atomic E-state index is -1.09. The van der Waals surface area contributed by atoms with Gasteiger partial charge >= 0.3 is 5.97 Å². The first-order valence-corrected chi connectivity index (χ1v) is 6.31. The lowest BCUT2D eigenvalue weighted by atomic mass is 9.86. The van der Waals surface area contributed by atoms with Crippen molar-refractivity contribution >= 4 is 11.9 Å². The van der Waals surface area contributed by atoms with Crippen LogP contribution >= 0.6 is 0 Å². The number of carboxylic acids is 1. The van der Waals surface area contributed by atoms with E-state index in [-0.39, 0.29) is 5.91 Å². The van der Waals surface area contributed by atoms with Crippen LogP contribution in [0.15, 0.2) is 0 Å². The summed E-state index contributed by atoms with van der Waals surface area (Å²) in [6.07, 6.45) is 8.92. The quantitative estimate of drug-likeness (QED) is 0.669. The summed E-state index contributed by atoms with van der Waals surface area (Å²) in [6, 6.07) is 0. The number of hydrogen-bond donors (Lipinski definition) is 2. The van der Waals surface area contributed by atoms with Gasteiger partial charge in [0.25, 0.3) is 0 Å². The van der Waals surface area contributed by atoms with E-state index in [0.29, 0.717) is 6.42 Å². The fourth-order valence-corrected chi connectivity index (χ4v) is 2.26. The van der Waals surface area contributed by atoms with Crippen LogP contribution in [0.1, 0.15) is 51.4 Å². The second kappa shape index (κ2) is 8.06. The summed E-state index contributed by atoms with van der Waals surface area (Å²) in [5, 5.41) is 8.30. The molecule has 0 heterocycles. The largest absolute Gasteiger partial charge is 0.479 e. The van der Waals surface area contributed by atoms with E-state index in [4.69, 9.17) is 5.11 Å². The van der Waals surface area contributed by atoms with Gasteiger partial charge < -0.3 is 5.11 Å². The van der Waals surface area contributed by atoms with Crippen molar-refractivity contribution < 1.29 is 19.5 Å².